The van der Waals surface area contributed by atoms with E-state index in [1.54, 1.807) is 0 Å². The molecule has 118 valence electrons. The van der Waals surface area contributed by atoms with Gasteiger partial charge < -0.3 is 4.90 Å². The summed E-state index contributed by atoms with van der Waals surface area (Å²) in [5.74, 6) is -0.613. The van der Waals surface area contributed by atoms with Crippen LogP contribution in [-0.4, -0.2) is 39.0 Å². The van der Waals surface area contributed by atoms with Crippen molar-refractivity contribution in [2.24, 2.45) is 5.14 Å². The minimum absolute atomic E-state index is 0.132. The Morgan fingerprint density at radius 3 is 2.33 bits per heavy atom. The summed E-state index contributed by atoms with van der Waals surface area (Å²) in [4.78, 5) is 12.8. The number of nitrogens with zero attached hydrogens (tertiary/aromatic N) is 1. The number of carbonyl (C=O) groups excluding carboxylic acids is 1. The predicted molar refractivity (Wildman–Crippen MR) is 70.2 cm³/mol. The zero-order chi connectivity index (χ0) is 16.4. The summed E-state index contributed by atoms with van der Waals surface area (Å²) >= 11 is 0. The number of sulfonamides is 1. The molecule has 0 fully saturated rings. The van der Waals surface area contributed by atoms with E-state index in [4.69, 9.17) is 5.14 Å². The zero-order valence-corrected chi connectivity index (χ0v) is 12.3. The van der Waals surface area contributed by atoms with E-state index in [2.05, 4.69) is 0 Å². The minimum atomic E-state index is -4.35. The Balaban J connectivity index is 2.93. The lowest BCUT2D eigenvalue weighted by Gasteiger charge is -2.19. The molecule has 0 aromatic heterocycles. The quantitative estimate of drug-likeness (QED) is 0.915. The minimum Gasteiger partial charge on any atom is -0.341 e. The lowest BCUT2D eigenvalue weighted by atomic mass is 10.1. The maximum atomic E-state index is 12.1. The van der Waals surface area contributed by atoms with Gasteiger partial charge in [0, 0.05) is 19.2 Å². The van der Waals surface area contributed by atoms with Crippen molar-refractivity contribution in [1.29, 1.82) is 0 Å². The zero-order valence-electron chi connectivity index (χ0n) is 11.4. The highest BCUT2D eigenvalue weighted by Gasteiger charge is 2.28. The molecule has 0 aliphatic rings. The van der Waals surface area contributed by atoms with Crippen molar-refractivity contribution in [2.75, 3.05) is 13.6 Å². The molecule has 1 aromatic rings. The van der Waals surface area contributed by atoms with Crippen molar-refractivity contribution in [1.82, 2.24) is 4.90 Å². The summed E-state index contributed by atoms with van der Waals surface area (Å²) in [5, 5.41) is 4.96. The molecule has 0 unspecified atom stereocenters. The summed E-state index contributed by atoms with van der Waals surface area (Å²) in [6.07, 6.45) is -5.45. The molecule has 0 heterocycles. The van der Waals surface area contributed by atoms with Crippen LogP contribution in [0.2, 0.25) is 0 Å². The molecule has 0 aliphatic carbocycles. The average molecular weight is 324 g/mol. The Labute approximate surface area is 120 Å². The Kier molecular flexibility index (Phi) is 5.00. The van der Waals surface area contributed by atoms with Crippen molar-refractivity contribution in [2.45, 2.75) is 24.4 Å². The Morgan fingerprint density at radius 2 is 1.90 bits per heavy atom. The van der Waals surface area contributed by atoms with Crippen LogP contribution in [0.5, 0.6) is 0 Å². The van der Waals surface area contributed by atoms with Gasteiger partial charge >= 0.3 is 6.18 Å². The number of rotatable bonds is 4. The van der Waals surface area contributed by atoms with Gasteiger partial charge in [0.2, 0.25) is 10.0 Å². The fourth-order valence-corrected chi connectivity index (χ4v) is 2.25. The fraction of sp³-hybridized carbons (Fsp3) is 0.417. The summed E-state index contributed by atoms with van der Waals surface area (Å²) in [6, 6.07) is 3.59. The van der Waals surface area contributed by atoms with Gasteiger partial charge in [0.1, 0.15) is 0 Å². The van der Waals surface area contributed by atoms with E-state index < -0.39 is 35.1 Å². The first kappa shape index (κ1) is 17.4. The molecule has 0 atom stereocenters. The lowest BCUT2D eigenvalue weighted by molar-refractivity contribution is -0.136. The molecule has 0 aliphatic heterocycles. The normalized spacial score (nSPS) is 12.3. The van der Waals surface area contributed by atoms with E-state index in [1.807, 2.05) is 0 Å². The SMILES string of the molecule is Cc1cc(S(N)(=O)=O)ccc1C(=O)N(C)CCC(F)(F)F. The standard InChI is InChI=1S/C12H15F3N2O3S/c1-8-7-9(21(16,19)20)3-4-10(8)11(18)17(2)6-5-12(13,14)15/h3-4,7H,5-6H2,1-2H3,(H2,16,19,20). The van der Waals surface area contributed by atoms with Crippen LogP contribution in [0.25, 0.3) is 0 Å². The van der Waals surface area contributed by atoms with Crippen LogP contribution >= 0.6 is 0 Å². The van der Waals surface area contributed by atoms with Gasteiger partial charge in [-0.3, -0.25) is 4.79 Å². The van der Waals surface area contributed by atoms with Gasteiger partial charge in [-0.2, -0.15) is 13.2 Å². The molecule has 0 saturated heterocycles. The smallest absolute Gasteiger partial charge is 0.341 e. The largest absolute Gasteiger partial charge is 0.390 e. The third kappa shape index (κ3) is 5.01. The van der Waals surface area contributed by atoms with Gasteiger partial charge in [-0.25, -0.2) is 13.6 Å². The van der Waals surface area contributed by atoms with Gasteiger partial charge in [-0.05, 0) is 30.7 Å². The van der Waals surface area contributed by atoms with Gasteiger partial charge in [0.15, 0.2) is 0 Å². The predicted octanol–water partition coefficient (Wildman–Crippen LogP) is 1.67. The van der Waals surface area contributed by atoms with E-state index >= 15 is 0 Å². The second-order valence-electron chi connectivity index (χ2n) is 4.61. The number of carbonyl (C=O) groups is 1. The van der Waals surface area contributed by atoms with Crippen LogP contribution in [0.3, 0.4) is 0 Å². The number of alkyl halides is 3. The van der Waals surface area contributed by atoms with Crippen molar-refractivity contribution >= 4 is 15.9 Å². The highest BCUT2D eigenvalue weighted by atomic mass is 32.2. The molecular formula is C12H15F3N2O3S. The molecule has 9 heteroatoms. The van der Waals surface area contributed by atoms with Crippen LogP contribution in [-0.2, 0) is 10.0 Å². The van der Waals surface area contributed by atoms with Crippen molar-refractivity contribution < 1.29 is 26.4 Å². The van der Waals surface area contributed by atoms with Crippen LogP contribution in [0.4, 0.5) is 13.2 Å². The number of primary sulfonamides is 1. The average Bonchev–Trinajstić information content (AvgIpc) is 2.33. The highest BCUT2D eigenvalue weighted by Crippen LogP contribution is 2.21. The topological polar surface area (TPSA) is 80.5 Å². The first-order valence-corrected chi connectivity index (χ1v) is 7.42. The molecule has 2 N–H and O–H groups in total. The van der Waals surface area contributed by atoms with Crippen molar-refractivity contribution in [3.63, 3.8) is 0 Å². The number of nitrogens with two attached hydrogens (primary N) is 1. The van der Waals surface area contributed by atoms with Crippen LogP contribution in [0.15, 0.2) is 23.1 Å². The fourth-order valence-electron chi connectivity index (χ4n) is 1.65. The second kappa shape index (κ2) is 6.02. The second-order valence-corrected chi connectivity index (χ2v) is 6.18. The van der Waals surface area contributed by atoms with Crippen LogP contribution < -0.4 is 5.14 Å². The molecule has 21 heavy (non-hydrogen) atoms. The summed E-state index contributed by atoms with van der Waals surface area (Å²) in [6.45, 7) is 1.01. The Bertz CT molecular complexity index is 642. The Morgan fingerprint density at radius 1 is 1.33 bits per heavy atom. The molecule has 0 spiro atoms. The van der Waals surface area contributed by atoms with E-state index in [0.29, 0.717) is 5.56 Å². The van der Waals surface area contributed by atoms with Gasteiger partial charge in [-0.15, -0.1) is 0 Å². The number of amides is 1. The molecule has 1 amide bonds. The molecular weight excluding hydrogens is 309 g/mol. The third-order valence-electron chi connectivity index (χ3n) is 2.83. The van der Waals surface area contributed by atoms with Gasteiger partial charge in [-0.1, -0.05) is 0 Å². The van der Waals surface area contributed by atoms with E-state index in [-0.39, 0.29) is 10.5 Å². The number of aryl methyl sites for hydroxylation is 1. The molecule has 0 radical (unpaired) electrons. The number of halogens is 3. The summed E-state index contributed by atoms with van der Waals surface area (Å²) < 4.78 is 58.7. The molecule has 1 aromatic carbocycles. The number of hydrogen-bond acceptors (Lipinski definition) is 3. The molecule has 0 saturated carbocycles. The third-order valence-corrected chi connectivity index (χ3v) is 3.75. The van der Waals surface area contributed by atoms with E-state index in [1.165, 1.54) is 26.1 Å². The first-order valence-electron chi connectivity index (χ1n) is 5.87. The highest BCUT2D eigenvalue weighted by molar-refractivity contribution is 7.89. The van der Waals surface area contributed by atoms with E-state index in [9.17, 15) is 26.4 Å². The molecule has 5 nitrogen and oxygen atoms in total. The monoisotopic (exact) mass is 324 g/mol. The van der Waals surface area contributed by atoms with Crippen LogP contribution in [0, 0.1) is 6.92 Å². The van der Waals surface area contributed by atoms with Gasteiger partial charge in [0.05, 0.1) is 11.3 Å². The van der Waals surface area contributed by atoms with Crippen molar-refractivity contribution in [3.05, 3.63) is 29.3 Å². The lowest BCUT2D eigenvalue weighted by Crippen LogP contribution is -2.31. The summed E-state index contributed by atoms with van der Waals surface area (Å²) in [7, 11) is -2.64. The first-order chi connectivity index (χ1) is 9.42. The number of benzene rings is 1. The Hall–Kier alpha value is -1.61. The van der Waals surface area contributed by atoms with E-state index in [0.717, 1.165) is 11.0 Å². The van der Waals surface area contributed by atoms with Crippen LogP contribution in [0.1, 0.15) is 22.3 Å². The maximum absolute atomic E-state index is 12.1. The maximum Gasteiger partial charge on any atom is 0.390 e. The summed E-state index contributed by atoms with van der Waals surface area (Å²) in [5.41, 5.74) is 0.456. The van der Waals surface area contributed by atoms with Gasteiger partial charge in [0.25, 0.3) is 5.91 Å². The number of hydrogen-bond donors (Lipinski definition) is 1. The molecule has 0 bridgehead atoms. The molecule has 1 rings (SSSR count). The van der Waals surface area contributed by atoms with Crippen molar-refractivity contribution in [3.8, 4) is 0 Å².